The smallest absolute Gasteiger partial charge is 0.161 e. The van der Waals surface area contributed by atoms with Crippen molar-refractivity contribution in [2.45, 2.75) is 6.10 Å². The molecule has 106 valence electrons. The Morgan fingerprint density at radius 3 is 2.20 bits per heavy atom. The van der Waals surface area contributed by atoms with Crippen LogP contribution >= 0.6 is 0 Å². The molecule has 0 amide bonds. The van der Waals surface area contributed by atoms with Gasteiger partial charge in [-0.15, -0.1) is 0 Å². The first-order valence-corrected chi connectivity index (χ1v) is 6.32. The van der Waals surface area contributed by atoms with Gasteiger partial charge in [0.05, 0.1) is 7.11 Å². The first-order chi connectivity index (χ1) is 9.74. The molecular weight excluding hydrogens is 256 g/mol. The first kappa shape index (κ1) is 14.2. The Labute approximate surface area is 118 Å². The molecule has 1 atom stereocenters. The van der Waals surface area contributed by atoms with Crippen molar-refractivity contribution in [2.24, 2.45) is 0 Å². The van der Waals surface area contributed by atoms with E-state index in [0.717, 1.165) is 5.56 Å². The van der Waals surface area contributed by atoms with Crippen LogP contribution in [0.4, 0.5) is 0 Å². The van der Waals surface area contributed by atoms with Gasteiger partial charge in [0.25, 0.3) is 0 Å². The van der Waals surface area contributed by atoms with Crippen molar-refractivity contribution in [1.29, 1.82) is 0 Å². The molecule has 0 aliphatic heterocycles. The van der Waals surface area contributed by atoms with Crippen molar-refractivity contribution in [3.63, 3.8) is 0 Å². The van der Waals surface area contributed by atoms with Crippen LogP contribution in [0.15, 0.2) is 48.5 Å². The van der Waals surface area contributed by atoms with Crippen LogP contribution in [0.1, 0.15) is 11.7 Å². The number of hydrogen-bond donors (Lipinski definition) is 1. The van der Waals surface area contributed by atoms with Gasteiger partial charge in [-0.2, -0.15) is 0 Å². The number of phenols is 1. The number of benzene rings is 2. The van der Waals surface area contributed by atoms with Crippen LogP contribution in [-0.2, 0) is 4.74 Å². The summed E-state index contributed by atoms with van der Waals surface area (Å²) in [5.41, 5.74) is 0.945. The molecule has 0 aliphatic rings. The van der Waals surface area contributed by atoms with Crippen molar-refractivity contribution in [1.82, 2.24) is 0 Å². The molecule has 1 N–H and O–H groups in total. The molecule has 0 aromatic heterocycles. The Hall–Kier alpha value is -2.20. The average molecular weight is 274 g/mol. The molecule has 4 heteroatoms. The second-order valence-electron chi connectivity index (χ2n) is 4.28. The molecule has 0 spiro atoms. The highest BCUT2D eigenvalue weighted by Crippen LogP contribution is 2.28. The Bertz CT molecular complexity index is 536. The fourth-order valence-electron chi connectivity index (χ4n) is 1.89. The van der Waals surface area contributed by atoms with Crippen LogP contribution in [0.25, 0.3) is 0 Å². The van der Waals surface area contributed by atoms with E-state index in [1.165, 1.54) is 0 Å². The van der Waals surface area contributed by atoms with Gasteiger partial charge in [-0.25, -0.2) is 0 Å². The molecule has 1 unspecified atom stereocenters. The van der Waals surface area contributed by atoms with Crippen molar-refractivity contribution in [3.8, 4) is 17.2 Å². The molecule has 0 bridgehead atoms. The summed E-state index contributed by atoms with van der Waals surface area (Å²) in [4.78, 5) is 0. The summed E-state index contributed by atoms with van der Waals surface area (Å²) < 4.78 is 16.4. The molecule has 0 heterocycles. The third-order valence-electron chi connectivity index (χ3n) is 3.01. The fraction of sp³-hybridized carbons (Fsp3) is 0.250. The standard InChI is InChI=1S/C16H18O4/c1-18-14-5-3-4-6-15(14)20-11-16(19-2)12-7-9-13(17)10-8-12/h3-10,16-17H,11H2,1-2H3. The molecule has 0 saturated carbocycles. The van der Waals surface area contributed by atoms with Crippen LogP contribution in [0.2, 0.25) is 0 Å². The van der Waals surface area contributed by atoms with E-state index in [9.17, 15) is 5.11 Å². The zero-order chi connectivity index (χ0) is 14.4. The van der Waals surface area contributed by atoms with E-state index < -0.39 is 0 Å². The van der Waals surface area contributed by atoms with Gasteiger partial charge in [0, 0.05) is 7.11 Å². The first-order valence-electron chi connectivity index (χ1n) is 6.32. The lowest BCUT2D eigenvalue weighted by molar-refractivity contribution is 0.0566. The maximum Gasteiger partial charge on any atom is 0.161 e. The van der Waals surface area contributed by atoms with Crippen LogP contribution < -0.4 is 9.47 Å². The zero-order valence-electron chi connectivity index (χ0n) is 11.6. The van der Waals surface area contributed by atoms with Crippen molar-refractivity contribution in [2.75, 3.05) is 20.8 Å². The number of phenolic OH excluding ortho intramolecular Hbond substituents is 1. The normalized spacial score (nSPS) is 11.9. The van der Waals surface area contributed by atoms with E-state index in [4.69, 9.17) is 14.2 Å². The van der Waals surface area contributed by atoms with Crippen molar-refractivity contribution >= 4 is 0 Å². The molecular formula is C16H18O4. The maximum atomic E-state index is 9.30. The van der Waals surface area contributed by atoms with Crippen LogP contribution in [0.3, 0.4) is 0 Å². The number of methoxy groups -OCH3 is 2. The molecule has 2 aromatic carbocycles. The summed E-state index contributed by atoms with van der Waals surface area (Å²) in [7, 11) is 3.24. The lowest BCUT2D eigenvalue weighted by Crippen LogP contribution is -2.12. The minimum atomic E-state index is -0.208. The Kier molecular flexibility index (Phi) is 4.85. The highest BCUT2D eigenvalue weighted by atomic mass is 16.5. The Balaban J connectivity index is 2.05. The highest BCUT2D eigenvalue weighted by Gasteiger charge is 2.13. The summed E-state index contributed by atoms with van der Waals surface area (Å²) in [6.07, 6.45) is -0.208. The number of aromatic hydroxyl groups is 1. The lowest BCUT2D eigenvalue weighted by Gasteiger charge is -2.17. The highest BCUT2D eigenvalue weighted by molar-refractivity contribution is 5.39. The van der Waals surface area contributed by atoms with E-state index in [2.05, 4.69) is 0 Å². The van der Waals surface area contributed by atoms with Gasteiger partial charge in [0.1, 0.15) is 18.5 Å². The predicted octanol–water partition coefficient (Wildman–Crippen LogP) is 3.17. The fourth-order valence-corrected chi connectivity index (χ4v) is 1.89. The molecule has 20 heavy (non-hydrogen) atoms. The van der Waals surface area contributed by atoms with E-state index in [1.54, 1.807) is 26.4 Å². The van der Waals surface area contributed by atoms with Crippen LogP contribution in [0.5, 0.6) is 17.2 Å². The average Bonchev–Trinajstić information content (AvgIpc) is 2.50. The van der Waals surface area contributed by atoms with Gasteiger partial charge < -0.3 is 19.3 Å². The minimum Gasteiger partial charge on any atom is -0.508 e. The van der Waals surface area contributed by atoms with Gasteiger partial charge in [0.15, 0.2) is 11.5 Å². The molecule has 0 aliphatic carbocycles. The Morgan fingerprint density at radius 1 is 0.950 bits per heavy atom. The monoisotopic (exact) mass is 274 g/mol. The van der Waals surface area contributed by atoms with Gasteiger partial charge >= 0.3 is 0 Å². The number of hydrogen-bond acceptors (Lipinski definition) is 4. The third kappa shape index (κ3) is 3.42. The Morgan fingerprint density at radius 2 is 1.60 bits per heavy atom. The topological polar surface area (TPSA) is 47.9 Å². The number of rotatable bonds is 6. The van der Waals surface area contributed by atoms with Crippen molar-refractivity contribution in [3.05, 3.63) is 54.1 Å². The minimum absolute atomic E-state index is 0.208. The molecule has 0 fully saturated rings. The second-order valence-corrected chi connectivity index (χ2v) is 4.28. The van der Waals surface area contributed by atoms with Crippen LogP contribution in [-0.4, -0.2) is 25.9 Å². The van der Waals surface area contributed by atoms with E-state index in [-0.39, 0.29) is 11.9 Å². The SMILES string of the molecule is COc1ccccc1OCC(OC)c1ccc(O)cc1. The van der Waals surface area contributed by atoms with Gasteiger partial charge in [-0.1, -0.05) is 24.3 Å². The predicted molar refractivity (Wildman–Crippen MR) is 76.3 cm³/mol. The number of para-hydroxylation sites is 2. The van der Waals surface area contributed by atoms with E-state index in [1.807, 2.05) is 36.4 Å². The van der Waals surface area contributed by atoms with Gasteiger partial charge in [0.2, 0.25) is 0 Å². The summed E-state index contributed by atoms with van der Waals surface area (Å²) in [5, 5.41) is 9.30. The largest absolute Gasteiger partial charge is 0.508 e. The molecule has 4 nitrogen and oxygen atoms in total. The summed E-state index contributed by atoms with van der Waals surface area (Å²) >= 11 is 0. The number of ether oxygens (including phenoxy) is 3. The van der Waals surface area contributed by atoms with Crippen LogP contribution in [0, 0.1) is 0 Å². The molecule has 2 aromatic rings. The quantitative estimate of drug-likeness (QED) is 0.879. The summed E-state index contributed by atoms with van der Waals surface area (Å²) in [6, 6.07) is 14.4. The molecule has 0 radical (unpaired) electrons. The third-order valence-corrected chi connectivity index (χ3v) is 3.01. The van der Waals surface area contributed by atoms with E-state index in [0.29, 0.717) is 18.1 Å². The summed E-state index contributed by atoms with van der Waals surface area (Å²) in [6.45, 7) is 0.363. The van der Waals surface area contributed by atoms with Gasteiger partial charge in [-0.05, 0) is 29.8 Å². The molecule has 2 rings (SSSR count). The zero-order valence-corrected chi connectivity index (χ0v) is 11.6. The second kappa shape index (κ2) is 6.82. The molecule has 0 saturated heterocycles. The lowest BCUT2D eigenvalue weighted by atomic mass is 10.1. The van der Waals surface area contributed by atoms with E-state index >= 15 is 0 Å². The summed E-state index contributed by atoms with van der Waals surface area (Å²) in [5.74, 6) is 1.60. The van der Waals surface area contributed by atoms with Gasteiger partial charge in [-0.3, -0.25) is 0 Å². The maximum absolute atomic E-state index is 9.30. The van der Waals surface area contributed by atoms with Crippen molar-refractivity contribution < 1.29 is 19.3 Å².